The molecule has 1 aliphatic rings. The summed E-state index contributed by atoms with van der Waals surface area (Å²) in [5.41, 5.74) is 6.14. The third-order valence-electron chi connectivity index (χ3n) is 3.70. The minimum absolute atomic E-state index is 0.124. The van der Waals surface area contributed by atoms with Gasteiger partial charge in [-0.1, -0.05) is 12.1 Å². The molecule has 1 unspecified atom stereocenters. The number of piperazine rings is 1. The van der Waals surface area contributed by atoms with Crippen LogP contribution in [0.5, 0.6) is 0 Å². The molecule has 5 heteroatoms. The molecule has 3 nitrogen and oxygen atoms in total. The van der Waals surface area contributed by atoms with Crippen LogP contribution >= 0.6 is 11.8 Å². The van der Waals surface area contributed by atoms with Gasteiger partial charge in [-0.15, -0.1) is 11.8 Å². The van der Waals surface area contributed by atoms with Gasteiger partial charge in [0.25, 0.3) is 0 Å². The van der Waals surface area contributed by atoms with Crippen LogP contribution in [0.25, 0.3) is 0 Å². The molecule has 2 N–H and O–H groups in total. The van der Waals surface area contributed by atoms with E-state index in [-0.39, 0.29) is 11.9 Å². The third kappa shape index (κ3) is 5.05. The Morgan fingerprint density at radius 1 is 1.25 bits per heavy atom. The van der Waals surface area contributed by atoms with Crippen molar-refractivity contribution in [1.82, 2.24) is 9.80 Å². The Bertz CT molecular complexity index is 408. The van der Waals surface area contributed by atoms with Gasteiger partial charge in [-0.05, 0) is 32.1 Å². The summed E-state index contributed by atoms with van der Waals surface area (Å²) in [6.07, 6.45) is 0.977. The maximum Gasteiger partial charge on any atom is 0.136 e. The highest BCUT2D eigenvalue weighted by Crippen LogP contribution is 2.22. The topological polar surface area (TPSA) is 32.5 Å². The molecule has 0 spiro atoms. The lowest BCUT2D eigenvalue weighted by Gasteiger charge is -2.32. The first-order chi connectivity index (χ1) is 9.65. The zero-order valence-electron chi connectivity index (χ0n) is 12.1. The van der Waals surface area contributed by atoms with E-state index in [4.69, 9.17) is 5.73 Å². The lowest BCUT2D eigenvalue weighted by Crippen LogP contribution is -2.45. The maximum atomic E-state index is 13.5. The van der Waals surface area contributed by atoms with Crippen LogP contribution in [-0.2, 0) is 0 Å². The second-order valence-corrected chi connectivity index (χ2v) is 6.50. The van der Waals surface area contributed by atoms with Gasteiger partial charge in [-0.2, -0.15) is 0 Å². The van der Waals surface area contributed by atoms with Gasteiger partial charge in [-0.25, -0.2) is 4.39 Å². The largest absolute Gasteiger partial charge is 0.327 e. The van der Waals surface area contributed by atoms with Gasteiger partial charge in [0.15, 0.2) is 0 Å². The molecule has 0 saturated carbocycles. The number of hydrogen-bond acceptors (Lipinski definition) is 4. The number of nitrogens with two attached hydrogens (primary N) is 1. The van der Waals surface area contributed by atoms with Crippen LogP contribution in [-0.4, -0.2) is 61.4 Å². The first-order valence-electron chi connectivity index (χ1n) is 7.19. The van der Waals surface area contributed by atoms with Crippen LogP contribution < -0.4 is 5.73 Å². The monoisotopic (exact) mass is 297 g/mol. The van der Waals surface area contributed by atoms with E-state index in [1.165, 1.54) is 17.8 Å². The quantitative estimate of drug-likeness (QED) is 0.813. The summed E-state index contributed by atoms with van der Waals surface area (Å²) in [5, 5.41) is 0. The molecule has 0 aromatic heterocycles. The van der Waals surface area contributed by atoms with Gasteiger partial charge in [0, 0.05) is 42.9 Å². The molecular formula is C15H24FN3S. The molecule has 1 fully saturated rings. The fourth-order valence-corrected chi connectivity index (χ4v) is 3.20. The number of benzene rings is 1. The van der Waals surface area contributed by atoms with Crippen molar-refractivity contribution in [2.75, 3.05) is 45.5 Å². The summed E-state index contributed by atoms with van der Waals surface area (Å²) in [6.45, 7) is 5.58. The van der Waals surface area contributed by atoms with Crippen molar-refractivity contribution in [3.05, 3.63) is 30.1 Å². The van der Waals surface area contributed by atoms with Crippen molar-refractivity contribution in [2.24, 2.45) is 5.73 Å². The number of thioether (sulfide) groups is 1. The first-order valence-corrected chi connectivity index (χ1v) is 8.17. The summed E-state index contributed by atoms with van der Waals surface area (Å²) in [5.74, 6) is 0.623. The van der Waals surface area contributed by atoms with Crippen molar-refractivity contribution in [2.45, 2.75) is 17.4 Å². The van der Waals surface area contributed by atoms with Crippen LogP contribution in [0, 0.1) is 5.82 Å². The molecule has 0 aliphatic carbocycles. The second-order valence-electron chi connectivity index (χ2n) is 5.44. The zero-order chi connectivity index (χ0) is 14.4. The summed E-state index contributed by atoms with van der Waals surface area (Å²) in [6, 6.07) is 7.01. The molecular weight excluding hydrogens is 273 g/mol. The molecule has 1 aromatic rings. The number of nitrogens with zero attached hydrogens (tertiary/aromatic N) is 2. The summed E-state index contributed by atoms with van der Waals surface area (Å²) < 4.78 is 13.5. The number of hydrogen-bond donors (Lipinski definition) is 1. The van der Waals surface area contributed by atoms with Crippen LogP contribution in [0.2, 0.25) is 0 Å². The van der Waals surface area contributed by atoms with Gasteiger partial charge in [0.2, 0.25) is 0 Å². The van der Waals surface area contributed by atoms with E-state index in [9.17, 15) is 4.39 Å². The zero-order valence-corrected chi connectivity index (χ0v) is 12.9. The molecule has 1 heterocycles. The molecule has 1 aliphatic heterocycles. The highest BCUT2D eigenvalue weighted by atomic mass is 32.2. The average molecular weight is 297 g/mol. The number of halogens is 1. The Hall–Kier alpha value is -0.620. The minimum Gasteiger partial charge on any atom is -0.327 e. The number of likely N-dealkylation sites (N-methyl/N-ethyl adjacent to an activating group) is 1. The molecule has 0 amide bonds. The van der Waals surface area contributed by atoms with Crippen LogP contribution in [0.1, 0.15) is 6.42 Å². The Balaban J connectivity index is 1.65. The van der Waals surface area contributed by atoms with Crippen LogP contribution in [0.15, 0.2) is 29.2 Å². The smallest absolute Gasteiger partial charge is 0.136 e. The Morgan fingerprint density at radius 3 is 2.65 bits per heavy atom. The molecule has 0 bridgehead atoms. The standard InChI is InChI=1S/C15H24FN3S/c1-18-8-10-19(11-9-18)7-6-13(17)12-20-15-5-3-2-4-14(15)16/h2-5,13H,6-12,17H2,1H3. The molecule has 0 radical (unpaired) electrons. The Kier molecular flexibility index (Phi) is 6.29. The predicted molar refractivity (Wildman–Crippen MR) is 83.7 cm³/mol. The Labute approximate surface area is 125 Å². The van der Waals surface area contributed by atoms with Crippen LogP contribution in [0.4, 0.5) is 4.39 Å². The normalized spacial score (nSPS) is 19.1. The highest BCUT2D eigenvalue weighted by molar-refractivity contribution is 7.99. The number of rotatable bonds is 6. The fourth-order valence-electron chi connectivity index (χ4n) is 2.26. The van der Waals surface area contributed by atoms with Gasteiger partial charge in [0.05, 0.1) is 0 Å². The van der Waals surface area contributed by atoms with E-state index >= 15 is 0 Å². The molecule has 1 atom stereocenters. The Morgan fingerprint density at radius 2 is 1.95 bits per heavy atom. The molecule has 112 valence electrons. The van der Waals surface area contributed by atoms with Gasteiger partial charge in [0.1, 0.15) is 5.82 Å². The van der Waals surface area contributed by atoms with E-state index < -0.39 is 0 Å². The van der Waals surface area contributed by atoms with Crippen LogP contribution in [0.3, 0.4) is 0 Å². The summed E-state index contributed by atoms with van der Waals surface area (Å²) >= 11 is 1.52. The lowest BCUT2D eigenvalue weighted by atomic mass is 10.2. The lowest BCUT2D eigenvalue weighted by molar-refractivity contribution is 0.151. The van der Waals surface area contributed by atoms with Crippen molar-refractivity contribution >= 4 is 11.8 Å². The molecule has 2 rings (SSSR count). The van der Waals surface area contributed by atoms with E-state index in [0.717, 1.165) is 44.9 Å². The SMILES string of the molecule is CN1CCN(CCC(N)CSc2ccccc2F)CC1. The van der Waals surface area contributed by atoms with Crippen molar-refractivity contribution in [3.8, 4) is 0 Å². The molecule has 1 saturated heterocycles. The molecule has 1 aromatic carbocycles. The van der Waals surface area contributed by atoms with Gasteiger partial charge in [-0.3, -0.25) is 0 Å². The predicted octanol–water partition coefficient (Wildman–Crippen LogP) is 1.88. The maximum absolute atomic E-state index is 13.5. The average Bonchev–Trinajstić information content (AvgIpc) is 2.46. The van der Waals surface area contributed by atoms with E-state index in [1.807, 2.05) is 12.1 Å². The summed E-state index contributed by atoms with van der Waals surface area (Å²) in [4.78, 5) is 5.51. The second kappa shape index (κ2) is 7.98. The summed E-state index contributed by atoms with van der Waals surface area (Å²) in [7, 11) is 2.16. The van der Waals surface area contributed by atoms with Crippen molar-refractivity contribution < 1.29 is 4.39 Å². The van der Waals surface area contributed by atoms with Gasteiger partial charge >= 0.3 is 0 Å². The van der Waals surface area contributed by atoms with Crippen molar-refractivity contribution in [1.29, 1.82) is 0 Å². The van der Waals surface area contributed by atoms with Crippen molar-refractivity contribution in [3.63, 3.8) is 0 Å². The van der Waals surface area contributed by atoms with E-state index in [1.54, 1.807) is 6.07 Å². The fraction of sp³-hybridized carbons (Fsp3) is 0.600. The van der Waals surface area contributed by atoms with E-state index in [2.05, 4.69) is 16.8 Å². The third-order valence-corrected chi connectivity index (χ3v) is 4.94. The van der Waals surface area contributed by atoms with E-state index in [0.29, 0.717) is 4.90 Å². The molecule has 20 heavy (non-hydrogen) atoms. The van der Waals surface area contributed by atoms with Gasteiger partial charge < -0.3 is 15.5 Å². The highest BCUT2D eigenvalue weighted by Gasteiger charge is 2.14. The first kappa shape index (κ1) is 15.8. The minimum atomic E-state index is -0.149.